The van der Waals surface area contributed by atoms with Gasteiger partial charge < -0.3 is 20.6 Å². The number of amides is 1. The highest BCUT2D eigenvalue weighted by atomic mass is 16.4. The number of pyridine rings is 1. The number of aromatic nitrogens is 3. The van der Waals surface area contributed by atoms with Crippen LogP contribution in [0.1, 0.15) is 47.4 Å². The van der Waals surface area contributed by atoms with E-state index in [1.807, 2.05) is 0 Å². The summed E-state index contributed by atoms with van der Waals surface area (Å²) >= 11 is 0. The Labute approximate surface area is 187 Å². The van der Waals surface area contributed by atoms with Gasteiger partial charge >= 0.3 is 5.97 Å². The molecule has 0 aromatic carbocycles. The summed E-state index contributed by atoms with van der Waals surface area (Å²) in [5, 5.41) is 15.5. The lowest BCUT2D eigenvalue weighted by molar-refractivity contribution is -0.139. The minimum Gasteiger partial charge on any atom is -0.480 e. The second kappa shape index (κ2) is 10.5. The molecule has 0 aliphatic carbocycles. The number of carbonyl (C=O) groups excluding carboxylic acids is 1. The van der Waals surface area contributed by atoms with E-state index in [9.17, 15) is 14.7 Å². The summed E-state index contributed by atoms with van der Waals surface area (Å²) in [6.45, 7) is 3.54. The summed E-state index contributed by atoms with van der Waals surface area (Å²) in [7, 11) is 0. The van der Waals surface area contributed by atoms with Crippen molar-refractivity contribution in [3.63, 3.8) is 0 Å². The van der Waals surface area contributed by atoms with Crippen LogP contribution in [0.2, 0.25) is 0 Å². The molecule has 2 aromatic rings. The summed E-state index contributed by atoms with van der Waals surface area (Å²) in [6.07, 6.45) is 9.96. The molecule has 2 aromatic heterocycles. The average molecular weight is 439 g/mol. The number of likely N-dealkylation sites (tertiary alicyclic amines) is 1. The predicted octanol–water partition coefficient (Wildman–Crippen LogP) is 1.76. The average Bonchev–Trinajstić information content (AvgIpc) is 3.28. The van der Waals surface area contributed by atoms with Crippen molar-refractivity contribution in [1.82, 2.24) is 25.2 Å². The molecule has 170 valence electrons. The number of carboxylic acids is 1. The summed E-state index contributed by atoms with van der Waals surface area (Å²) in [6, 6.07) is 3.40. The Morgan fingerprint density at radius 1 is 1.31 bits per heavy atom. The Kier molecular flexibility index (Phi) is 7.26. The van der Waals surface area contributed by atoms with Gasteiger partial charge in [-0.3, -0.25) is 9.78 Å². The van der Waals surface area contributed by atoms with Crippen LogP contribution in [0.3, 0.4) is 0 Å². The number of aliphatic carboxylic acids is 1. The standard InChI is InChI=1S/C23H30N6O3/c30-22(20-14-24-10-11-25-20)28-19(23(31)32)8-13-29-12-7-16(15-29)3-5-18-6-4-17-2-1-9-26-21(17)27-18/h4,6,10-11,14,16,19H,1-3,5,7-9,12-13,15H2,(H,26,27)(H,28,30)(H,31,32)/t16-,19+/m1/s1. The van der Waals surface area contributed by atoms with E-state index in [0.717, 1.165) is 56.8 Å². The Morgan fingerprint density at radius 3 is 3.03 bits per heavy atom. The second-order valence-corrected chi connectivity index (χ2v) is 8.58. The Morgan fingerprint density at radius 2 is 2.22 bits per heavy atom. The first-order valence-corrected chi connectivity index (χ1v) is 11.3. The number of carbonyl (C=O) groups is 2. The van der Waals surface area contributed by atoms with Crippen LogP contribution in [0.5, 0.6) is 0 Å². The molecule has 2 aliphatic rings. The third-order valence-corrected chi connectivity index (χ3v) is 6.26. The zero-order chi connectivity index (χ0) is 22.3. The summed E-state index contributed by atoms with van der Waals surface area (Å²) in [5.41, 5.74) is 2.56. The van der Waals surface area contributed by atoms with Gasteiger partial charge in [0.05, 0.1) is 6.20 Å². The minimum atomic E-state index is -1.04. The molecule has 2 aliphatic heterocycles. The van der Waals surface area contributed by atoms with Crippen LogP contribution in [0, 0.1) is 5.92 Å². The maximum absolute atomic E-state index is 12.2. The van der Waals surface area contributed by atoms with E-state index in [1.54, 1.807) is 0 Å². The highest BCUT2D eigenvalue weighted by Crippen LogP contribution is 2.24. The fraction of sp³-hybridized carbons (Fsp3) is 0.522. The number of anilines is 1. The Balaban J connectivity index is 1.22. The fourth-order valence-corrected chi connectivity index (χ4v) is 4.43. The molecule has 1 fully saturated rings. The molecule has 0 unspecified atom stereocenters. The minimum absolute atomic E-state index is 0.117. The SMILES string of the molecule is O=C(N[C@@H](CCN1CC[C@@H](CCc2ccc3c(n2)NCCC3)C1)C(=O)O)c1cnccn1. The fourth-order valence-electron chi connectivity index (χ4n) is 4.43. The lowest BCUT2D eigenvalue weighted by Gasteiger charge is -2.20. The molecule has 0 spiro atoms. The van der Waals surface area contributed by atoms with Crippen LogP contribution in [0.15, 0.2) is 30.7 Å². The number of rotatable bonds is 9. The molecule has 3 N–H and O–H groups in total. The highest BCUT2D eigenvalue weighted by molar-refractivity contribution is 5.94. The topological polar surface area (TPSA) is 120 Å². The van der Waals surface area contributed by atoms with Gasteiger partial charge in [0.25, 0.3) is 5.91 Å². The quantitative estimate of drug-likeness (QED) is 0.542. The first-order chi connectivity index (χ1) is 15.6. The molecular weight excluding hydrogens is 408 g/mol. The predicted molar refractivity (Wildman–Crippen MR) is 119 cm³/mol. The first kappa shape index (κ1) is 22.1. The molecule has 4 heterocycles. The maximum atomic E-state index is 12.2. The van der Waals surface area contributed by atoms with Crippen molar-refractivity contribution < 1.29 is 14.7 Å². The molecular formula is C23H30N6O3. The number of carboxylic acid groups (broad SMARTS) is 1. The van der Waals surface area contributed by atoms with Gasteiger partial charge in [-0.1, -0.05) is 6.07 Å². The van der Waals surface area contributed by atoms with Gasteiger partial charge in [0, 0.05) is 37.7 Å². The van der Waals surface area contributed by atoms with Gasteiger partial charge in [0.1, 0.15) is 17.6 Å². The van der Waals surface area contributed by atoms with Crippen molar-refractivity contribution in [3.05, 3.63) is 47.7 Å². The van der Waals surface area contributed by atoms with Crippen LogP contribution in [0.25, 0.3) is 0 Å². The molecule has 4 rings (SSSR count). The van der Waals surface area contributed by atoms with Gasteiger partial charge in [0.2, 0.25) is 0 Å². The number of aryl methyl sites for hydroxylation is 2. The Hall–Kier alpha value is -3.07. The van der Waals surface area contributed by atoms with E-state index in [-0.39, 0.29) is 5.69 Å². The molecule has 0 radical (unpaired) electrons. The van der Waals surface area contributed by atoms with Crippen LogP contribution < -0.4 is 10.6 Å². The van der Waals surface area contributed by atoms with Gasteiger partial charge in [-0.05, 0) is 62.6 Å². The van der Waals surface area contributed by atoms with E-state index in [2.05, 4.69) is 37.6 Å². The largest absolute Gasteiger partial charge is 0.480 e. The van der Waals surface area contributed by atoms with Gasteiger partial charge in [-0.2, -0.15) is 0 Å². The normalized spacial score (nSPS) is 19.1. The number of fused-ring (bicyclic) bond motifs is 1. The number of nitrogens with one attached hydrogen (secondary N) is 2. The smallest absolute Gasteiger partial charge is 0.326 e. The van der Waals surface area contributed by atoms with Crippen LogP contribution in [0.4, 0.5) is 5.82 Å². The van der Waals surface area contributed by atoms with Crippen molar-refractivity contribution in [2.24, 2.45) is 5.92 Å². The van der Waals surface area contributed by atoms with Crippen LogP contribution in [-0.4, -0.2) is 69.1 Å². The number of nitrogens with zero attached hydrogens (tertiary/aromatic N) is 4. The molecule has 0 bridgehead atoms. The molecule has 2 atom stereocenters. The molecule has 32 heavy (non-hydrogen) atoms. The van der Waals surface area contributed by atoms with Gasteiger partial charge in [-0.15, -0.1) is 0 Å². The van der Waals surface area contributed by atoms with Crippen molar-refractivity contribution in [2.45, 2.75) is 44.6 Å². The zero-order valence-electron chi connectivity index (χ0n) is 18.2. The molecule has 1 saturated heterocycles. The lowest BCUT2D eigenvalue weighted by Crippen LogP contribution is -2.43. The zero-order valence-corrected chi connectivity index (χ0v) is 18.2. The Bertz CT molecular complexity index is 939. The summed E-state index contributed by atoms with van der Waals surface area (Å²) < 4.78 is 0. The number of hydrogen-bond donors (Lipinski definition) is 3. The van der Waals surface area contributed by atoms with Crippen molar-refractivity contribution in [1.29, 1.82) is 0 Å². The summed E-state index contributed by atoms with van der Waals surface area (Å²) in [5.74, 6) is 0.0743. The third-order valence-electron chi connectivity index (χ3n) is 6.26. The lowest BCUT2D eigenvalue weighted by atomic mass is 10.00. The first-order valence-electron chi connectivity index (χ1n) is 11.3. The van der Waals surface area contributed by atoms with E-state index in [0.29, 0.717) is 18.9 Å². The molecule has 0 saturated carbocycles. The maximum Gasteiger partial charge on any atom is 0.326 e. The molecule has 9 nitrogen and oxygen atoms in total. The number of hydrogen-bond acceptors (Lipinski definition) is 7. The van der Waals surface area contributed by atoms with E-state index in [1.165, 1.54) is 30.6 Å². The van der Waals surface area contributed by atoms with E-state index < -0.39 is 17.9 Å². The summed E-state index contributed by atoms with van der Waals surface area (Å²) in [4.78, 5) is 38.7. The van der Waals surface area contributed by atoms with Gasteiger partial charge in [0.15, 0.2) is 0 Å². The van der Waals surface area contributed by atoms with Crippen molar-refractivity contribution in [3.8, 4) is 0 Å². The van der Waals surface area contributed by atoms with Crippen LogP contribution in [-0.2, 0) is 17.6 Å². The van der Waals surface area contributed by atoms with Crippen LogP contribution >= 0.6 is 0 Å². The third kappa shape index (κ3) is 5.79. The molecule has 9 heteroatoms. The second-order valence-electron chi connectivity index (χ2n) is 8.58. The van der Waals surface area contributed by atoms with Gasteiger partial charge in [-0.25, -0.2) is 14.8 Å². The van der Waals surface area contributed by atoms with E-state index in [4.69, 9.17) is 4.98 Å². The highest BCUT2D eigenvalue weighted by Gasteiger charge is 2.26. The van der Waals surface area contributed by atoms with Crippen molar-refractivity contribution in [2.75, 3.05) is 31.5 Å². The van der Waals surface area contributed by atoms with E-state index >= 15 is 0 Å². The monoisotopic (exact) mass is 438 g/mol. The van der Waals surface area contributed by atoms with Crippen molar-refractivity contribution >= 4 is 17.7 Å². The molecule has 1 amide bonds.